The summed E-state index contributed by atoms with van der Waals surface area (Å²) in [5.41, 5.74) is 2.99. The topological polar surface area (TPSA) is 77.9 Å². The molecule has 0 spiro atoms. The number of carbonyl (C=O) groups is 1. The highest BCUT2D eigenvalue weighted by Gasteiger charge is 2.56. The second-order valence-electron chi connectivity index (χ2n) is 22.3. The summed E-state index contributed by atoms with van der Waals surface area (Å²) < 4.78 is 21.5. The molecule has 1 aromatic heterocycles. The van der Waals surface area contributed by atoms with Gasteiger partial charge in [0.05, 0.1) is 29.4 Å². The molecule has 0 aliphatic heterocycles. The van der Waals surface area contributed by atoms with Gasteiger partial charge in [0.25, 0.3) is 0 Å². The van der Waals surface area contributed by atoms with E-state index < -0.39 is 30.4 Å². The lowest BCUT2D eigenvalue weighted by Crippen LogP contribution is -2.58. The van der Waals surface area contributed by atoms with Crippen LogP contribution in [0.2, 0.25) is 54.4 Å². The Kier molecular flexibility index (Phi) is 18.7. The first-order chi connectivity index (χ1) is 26.0. The maximum absolute atomic E-state index is 15.2. The lowest BCUT2D eigenvalue weighted by atomic mass is 9.58. The predicted octanol–water partition coefficient (Wildman–Crippen LogP) is 13.9. The number of rotatable bonds is 22. The summed E-state index contributed by atoms with van der Waals surface area (Å²) in [7, 11) is -6.43. The molecule has 1 heterocycles. The van der Waals surface area contributed by atoms with Gasteiger partial charge >= 0.3 is 0 Å². The van der Waals surface area contributed by atoms with Gasteiger partial charge in [-0.25, -0.2) is 0 Å². The molecule has 0 bridgehead atoms. The van der Waals surface area contributed by atoms with Crippen LogP contribution < -0.4 is 0 Å². The first-order valence-corrected chi connectivity index (χ1v) is 31.1. The van der Waals surface area contributed by atoms with Crippen molar-refractivity contribution in [3.63, 3.8) is 0 Å². The Balaban J connectivity index is 2.38. The van der Waals surface area contributed by atoms with Crippen molar-refractivity contribution in [1.29, 1.82) is 0 Å². The van der Waals surface area contributed by atoms with Crippen molar-refractivity contribution in [2.24, 2.45) is 17.3 Å². The van der Waals surface area contributed by atoms with Crippen LogP contribution in [-0.2, 0) is 18.1 Å². The molecule has 1 aromatic rings. The zero-order chi connectivity index (χ0) is 43.8. The van der Waals surface area contributed by atoms with E-state index in [2.05, 4.69) is 152 Å². The van der Waals surface area contributed by atoms with E-state index in [9.17, 15) is 5.11 Å². The van der Waals surface area contributed by atoms with Gasteiger partial charge in [0, 0.05) is 18.7 Å². The third-order valence-corrected chi connectivity index (χ3v) is 28.1. The second kappa shape index (κ2) is 20.6. The van der Waals surface area contributed by atoms with Crippen molar-refractivity contribution in [3.8, 4) is 0 Å². The molecule has 1 aliphatic rings. The maximum atomic E-state index is 15.2. The smallest absolute Gasteiger partial charge is 0.192 e. The summed E-state index contributed by atoms with van der Waals surface area (Å²) in [5, 5.41) is 10.5. The number of nitrogens with zero attached hydrogens (tertiary/aromatic N) is 1. The minimum atomic E-state index is -2.22. The van der Waals surface area contributed by atoms with Crippen LogP contribution in [0.15, 0.2) is 41.6 Å². The highest BCUT2D eigenvalue weighted by Crippen LogP contribution is 2.53. The number of allylic oxidation sites excluding steroid dienone is 1. The summed E-state index contributed by atoms with van der Waals surface area (Å²) in [6.07, 6.45) is 13.8. The predicted molar refractivity (Wildman–Crippen MR) is 252 cm³/mol. The van der Waals surface area contributed by atoms with E-state index in [4.69, 9.17) is 13.3 Å². The third-order valence-electron chi connectivity index (χ3n) is 14.7. The number of carbonyl (C=O) groups excluding carboxylic acids is 1. The summed E-state index contributed by atoms with van der Waals surface area (Å²) in [6.45, 7) is 43.4. The molecule has 328 valence electrons. The van der Waals surface area contributed by atoms with Gasteiger partial charge < -0.3 is 18.4 Å². The van der Waals surface area contributed by atoms with Gasteiger partial charge in [-0.2, -0.15) is 0 Å². The molecular weight excluding hydrogens is 755 g/mol. The Labute approximate surface area is 355 Å². The molecular formula is C48H89NO5Si3. The van der Waals surface area contributed by atoms with Crippen molar-refractivity contribution in [2.75, 3.05) is 6.61 Å². The van der Waals surface area contributed by atoms with Crippen LogP contribution in [0.3, 0.4) is 0 Å². The molecule has 0 aromatic carbocycles. The van der Waals surface area contributed by atoms with Crippen LogP contribution in [0.25, 0.3) is 6.08 Å². The first-order valence-electron chi connectivity index (χ1n) is 22.4. The van der Waals surface area contributed by atoms with E-state index >= 15 is 4.79 Å². The fourth-order valence-corrected chi connectivity index (χ4v) is 11.5. The van der Waals surface area contributed by atoms with Crippen LogP contribution >= 0.6 is 0 Å². The number of Topliss-reactive ketones (excluding diaryl/α,β-unsaturated/α-hetero) is 1. The molecule has 1 fully saturated rings. The van der Waals surface area contributed by atoms with Crippen molar-refractivity contribution < 1.29 is 23.2 Å². The lowest BCUT2D eigenvalue weighted by Gasteiger charge is -2.53. The number of hydrogen-bond acceptors (Lipinski definition) is 6. The number of aliphatic hydroxyl groups is 1. The van der Waals surface area contributed by atoms with E-state index in [1.54, 1.807) is 0 Å². The quantitative estimate of drug-likeness (QED) is 0.0925. The summed E-state index contributed by atoms with van der Waals surface area (Å²) in [4.78, 5) is 19.8. The Morgan fingerprint density at radius 2 is 1.40 bits per heavy atom. The average Bonchev–Trinajstić information content (AvgIpc) is 3.04. The average molecular weight is 844 g/mol. The lowest BCUT2D eigenvalue weighted by molar-refractivity contribution is -0.153. The van der Waals surface area contributed by atoms with E-state index in [0.717, 1.165) is 57.1 Å². The monoisotopic (exact) mass is 844 g/mol. The second-order valence-corrected chi connectivity index (χ2v) is 36.5. The molecule has 0 amide bonds. The van der Waals surface area contributed by atoms with Crippen LogP contribution in [-0.4, -0.2) is 65.7 Å². The van der Waals surface area contributed by atoms with Gasteiger partial charge in [-0.05, 0) is 149 Å². The summed E-state index contributed by atoms with van der Waals surface area (Å²) in [5.74, 6) is 0.327. The number of aliphatic hydroxyl groups excluding tert-OH is 1. The van der Waals surface area contributed by atoms with E-state index in [-0.39, 0.29) is 51.9 Å². The molecule has 5 atom stereocenters. The molecule has 57 heavy (non-hydrogen) atoms. The van der Waals surface area contributed by atoms with Gasteiger partial charge in [-0.1, -0.05) is 100 Å². The van der Waals surface area contributed by atoms with Gasteiger partial charge in [-0.3, -0.25) is 9.78 Å². The number of aromatic nitrogens is 1. The molecule has 9 heteroatoms. The number of pyridine rings is 1. The van der Waals surface area contributed by atoms with Crippen LogP contribution in [0.1, 0.15) is 153 Å². The highest BCUT2D eigenvalue weighted by atomic mass is 28.4. The van der Waals surface area contributed by atoms with Crippen LogP contribution in [0.5, 0.6) is 0 Å². The minimum absolute atomic E-state index is 0.00503. The molecule has 2 rings (SSSR count). The molecule has 1 N–H and O–H groups in total. The first kappa shape index (κ1) is 51.9. The van der Waals surface area contributed by atoms with E-state index in [0.29, 0.717) is 12.2 Å². The van der Waals surface area contributed by atoms with E-state index in [1.807, 2.05) is 18.3 Å². The number of ketones is 1. The Hall–Kier alpha value is -1.21. The zero-order valence-corrected chi connectivity index (χ0v) is 43.4. The highest BCUT2D eigenvalue weighted by molar-refractivity contribution is 6.75. The van der Waals surface area contributed by atoms with Crippen LogP contribution in [0.4, 0.5) is 0 Å². The molecule has 1 saturated carbocycles. The van der Waals surface area contributed by atoms with Gasteiger partial charge in [0.1, 0.15) is 5.78 Å². The Morgan fingerprint density at radius 3 is 1.86 bits per heavy atom. The van der Waals surface area contributed by atoms with Crippen LogP contribution in [0, 0.1) is 17.3 Å². The molecule has 6 nitrogen and oxygen atoms in total. The maximum Gasteiger partial charge on any atom is 0.192 e. The Bertz CT molecular complexity index is 1460. The summed E-state index contributed by atoms with van der Waals surface area (Å²) >= 11 is 0. The SMILES string of the molecule is CC[C@@H](C(=O)C1([C@H](CCO)O[Si](C)(C)C(C)(C)C)CCC1)[C@@H](O[Si](C)(C)C(C)(C)C)[C@@H](C)CCCC(C)=CC[C@H](O[Si](C)(C)C(C)(C)C)C(C)=Cc1ccccn1. The summed E-state index contributed by atoms with van der Waals surface area (Å²) in [6, 6.07) is 6.04. The third kappa shape index (κ3) is 13.9. The van der Waals surface area contributed by atoms with Crippen molar-refractivity contribution >= 4 is 36.8 Å². The van der Waals surface area contributed by atoms with E-state index in [1.165, 1.54) is 11.1 Å². The molecule has 0 radical (unpaired) electrons. The fraction of sp³-hybridized carbons (Fsp3) is 0.792. The minimum Gasteiger partial charge on any atom is -0.413 e. The molecule has 1 aliphatic carbocycles. The van der Waals surface area contributed by atoms with Crippen molar-refractivity contribution in [1.82, 2.24) is 4.98 Å². The van der Waals surface area contributed by atoms with Crippen molar-refractivity contribution in [3.05, 3.63) is 47.3 Å². The normalized spacial score (nSPS) is 19.1. The van der Waals surface area contributed by atoms with Crippen molar-refractivity contribution in [2.45, 2.75) is 221 Å². The van der Waals surface area contributed by atoms with Gasteiger partial charge in [-0.15, -0.1) is 0 Å². The number of hydrogen-bond donors (Lipinski definition) is 1. The molecule has 0 saturated heterocycles. The standard InChI is InChI=1S/C48H89NO5Si3/c1-20-40(44(51)48(31-24-32-48)42(30-34-50)53-56(16,17)46(8,9)10)43(54-57(18,19)47(11,12)13)37(3)26-23-25-36(2)28-29-41(52-55(14,15)45(5,6)7)38(4)35-39-27-21-22-33-49-39/h21-22,27-28,33,35,37,40-43,50H,20,23-26,29-32,34H2,1-19H3/t37-,40+,41-,42-,43-/m0/s1. The largest absolute Gasteiger partial charge is 0.413 e. The van der Waals surface area contributed by atoms with Gasteiger partial charge in [0.2, 0.25) is 0 Å². The molecule has 0 unspecified atom stereocenters. The van der Waals surface area contributed by atoms with Gasteiger partial charge in [0.15, 0.2) is 25.0 Å². The zero-order valence-electron chi connectivity index (χ0n) is 40.4. The fourth-order valence-electron chi connectivity index (χ4n) is 7.35. The Morgan fingerprint density at radius 1 is 0.860 bits per heavy atom.